The second-order valence-corrected chi connectivity index (χ2v) is 14.8. The number of aromatic nitrogens is 4. The van der Waals surface area contributed by atoms with Crippen LogP contribution in [-0.4, -0.2) is 75.3 Å². The van der Waals surface area contributed by atoms with Gasteiger partial charge in [-0.15, -0.1) is 0 Å². The van der Waals surface area contributed by atoms with Crippen LogP contribution in [0.15, 0.2) is 84.9 Å². The molecule has 2 aliphatic rings. The first-order valence-electron chi connectivity index (χ1n) is 19.7. The summed E-state index contributed by atoms with van der Waals surface area (Å²) in [6.07, 6.45) is 9.58. The number of anilines is 2. The second-order valence-electron chi connectivity index (χ2n) is 14.8. The SMILES string of the molecule is CCCCC(Nc1ccc(-c2c3nc(cc4ccc([nH]4)c(-c4ccc(NC(CCCC)(C(=O)O)C(=O)O)cc4)c4nc(cc5ccc2[nH]5)C=C4)C=C3)cc1)(C(=O)O)C(=O)O. The van der Waals surface area contributed by atoms with Crippen LogP contribution in [0, 0.1) is 0 Å². The normalized spacial score (nSPS) is 12.3. The van der Waals surface area contributed by atoms with Crippen LogP contribution in [0.3, 0.4) is 0 Å². The predicted molar refractivity (Wildman–Crippen MR) is 232 cm³/mol. The van der Waals surface area contributed by atoms with Gasteiger partial charge in [-0.2, -0.15) is 0 Å². The van der Waals surface area contributed by atoms with Crippen molar-refractivity contribution >= 4 is 81.6 Å². The highest BCUT2D eigenvalue weighted by Crippen LogP contribution is 2.34. The van der Waals surface area contributed by atoms with E-state index in [4.69, 9.17) is 9.97 Å². The summed E-state index contributed by atoms with van der Waals surface area (Å²) in [6, 6.07) is 25.4. The van der Waals surface area contributed by atoms with Crippen LogP contribution in [0.25, 0.3) is 68.6 Å². The zero-order chi connectivity index (χ0) is 42.6. The molecule has 14 heteroatoms. The van der Waals surface area contributed by atoms with Gasteiger partial charge in [-0.1, -0.05) is 63.8 Å². The zero-order valence-electron chi connectivity index (χ0n) is 33.0. The molecule has 7 rings (SSSR count). The van der Waals surface area contributed by atoms with E-state index in [1.54, 1.807) is 48.5 Å². The molecule has 306 valence electrons. The van der Waals surface area contributed by atoms with Crippen LogP contribution in [0.1, 0.15) is 75.1 Å². The highest BCUT2D eigenvalue weighted by Gasteiger charge is 2.47. The molecular weight excluding hydrogens is 765 g/mol. The second kappa shape index (κ2) is 16.8. The molecule has 0 radical (unpaired) electrons. The molecule has 0 saturated carbocycles. The van der Waals surface area contributed by atoms with Gasteiger partial charge in [0.05, 0.1) is 22.8 Å². The number of nitrogens with zero attached hydrogens (tertiary/aromatic N) is 2. The van der Waals surface area contributed by atoms with Crippen molar-refractivity contribution in [2.75, 3.05) is 10.6 Å². The van der Waals surface area contributed by atoms with Crippen molar-refractivity contribution in [3.05, 3.63) is 108 Å². The van der Waals surface area contributed by atoms with Gasteiger partial charge in [0, 0.05) is 44.6 Å². The van der Waals surface area contributed by atoms with Crippen molar-refractivity contribution in [1.29, 1.82) is 0 Å². The van der Waals surface area contributed by atoms with Crippen molar-refractivity contribution in [2.24, 2.45) is 0 Å². The van der Waals surface area contributed by atoms with Gasteiger partial charge in [0.1, 0.15) is 0 Å². The summed E-state index contributed by atoms with van der Waals surface area (Å²) in [5, 5.41) is 45.5. The molecular formula is C46H44N6O8. The number of hydrogen-bond acceptors (Lipinski definition) is 8. The molecule has 0 atom stereocenters. The molecule has 0 amide bonds. The van der Waals surface area contributed by atoms with E-state index in [1.807, 2.05) is 74.5 Å². The number of carboxylic acid groups (broad SMARTS) is 4. The first-order chi connectivity index (χ1) is 28.8. The monoisotopic (exact) mass is 808 g/mol. The first kappa shape index (κ1) is 40.7. The van der Waals surface area contributed by atoms with Crippen LogP contribution in [-0.2, 0) is 19.2 Å². The lowest BCUT2D eigenvalue weighted by Crippen LogP contribution is -2.53. The molecule has 0 spiro atoms. The lowest BCUT2D eigenvalue weighted by atomic mass is 9.92. The Morgan fingerprint density at radius 1 is 0.533 bits per heavy atom. The fourth-order valence-electron chi connectivity index (χ4n) is 7.45. The maximum atomic E-state index is 12.3. The van der Waals surface area contributed by atoms with Gasteiger partial charge < -0.3 is 41.0 Å². The minimum absolute atomic E-state index is 0.0793. The highest BCUT2D eigenvalue weighted by molar-refractivity contribution is 6.07. The van der Waals surface area contributed by atoms with Crippen molar-refractivity contribution in [2.45, 2.75) is 63.5 Å². The Kier molecular flexibility index (Phi) is 11.4. The van der Waals surface area contributed by atoms with E-state index in [-0.39, 0.29) is 12.8 Å². The van der Waals surface area contributed by atoms with Crippen molar-refractivity contribution in [3.63, 3.8) is 0 Å². The molecule has 0 unspecified atom stereocenters. The number of hydrogen-bond donors (Lipinski definition) is 8. The highest BCUT2D eigenvalue weighted by atomic mass is 16.4. The minimum Gasteiger partial charge on any atom is -0.479 e. The van der Waals surface area contributed by atoms with Crippen LogP contribution in [0.2, 0.25) is 0 Å². The lowest BCUT2D eigenvalue weighted by molar-refractivity contribution is -0.157. The smallest absolute Gasteiger partial charge is 0.341 e. The maximum absolute atomic E-state index is 12.3. The summed E-state index contributed by atoms with van der Waals surface area (Å²) in [6.45, 7) is 3.74. The van der Waals surface area contributed by atoms with Crippen molar-refractivity contribution in [3.8, 4) is 22.3 Å². The largest absolute Gasteiger partial charge is 0.479 e. The van der Waals surface area contributed by atoms with Crippen LogP contribution >= 0.6 is 0 Å². The van der Waals surface area contributed by atoms with Crippen LogP contribution in [0.5, 0.6) is 0 Å². The first-order valence-corrected chi connectivity index (χ1v) is 19.7. The van der Waals surface area contributed by atoms with Gasteiger partial charge in [0.15, 0.2) is 0 Å². The van der Waals surface area contributed by atoms with Crippen molar-refractivity contribution < 1.29 is 39.6 Å². The lowest BCUT2D eigenvalue weighted by Gasteiger charge is -2.27. The number of aromatic amines is 2. The number of carboxylic acids is 4. The molecule has 5 heterocycles. The zero-order valence-corrected chi connectivity index (χ0v) is 33.0. The van der Waals surface area contributed by atoms with Gasteiger partial charge in [-0.25, -0.2) is 29.1 Å². The Balaban J connectivity index is 1.31. The molecule has 8 bridgehead atoms. The standard InChI is InChI=1S/C46H44N6O8/c1-3-5-23-45(41(53)54,42(55)56)51-29-11-7-27(8-12-29)39-35-19-15-31(47-35)25-33-17-21-37(49-33)40(38-22-18-34(50-38)26-32-16-20-36(39)48-32)28-9-13-30(14-10-28)52-46(43(57)58,44(59)60)24-6-4-2/h7-22,25-26,47,50-52H,3-6,23-24H2,1-2H3,(H,53,54)(H,55,56)(H,57,58)(H,59,60). The van der Waals surface area contributed by atoms with Crippen molar-refractivity contribution in [1.82, 2.24) is 19.9 Å². The Labute approximate surface area is 344 Å². The van der Waals surface area contributed by atoms with Gasteiger partial charge in [-0.3, -0.25) is 0 Å². The van der Waals surface area contributed by atoms with E-state index in [1.165, 1.54) is 0 Å². The van der Waals surface area contributed by atoms with E-state index in [9.17, 15) is 39.6 Å². The Hall–Kier alpha value is -7.48. The number of benzene rings is 2. The molecule has 5 aromatic rings. The summed E-state index contributed by atoms with van der Waals surface area (Å²) >= 11 is 0. The molecule has 2 aromatic carbocycles. The average Bonchev–Trinajstić information content (AvgIpc) is 4.06. The number of unbranched alkanes of at least 4 members (excludes halogenated alkanes) is 2. The molecule has 2 aliphatic heterocycles. The molecule has 60 heavy (non-hydrogen) atoms. The Morgan fingerprint density at radius 3 is 1.23 bits per heavy atom. The number of carbonyl (C=O) groups is 4. The van der Waals surface area contributed by atoms with E-state index in [2.05, 4.69) is 20.6 Å². The van der Waals surface area contributed by atoms with Crippen LogP contribution in [0.4, 0.5) is 11.4 Å². The minimum atomic E-state index is -2.17. The number of nitrogens with one attached hydrogen (secondary N) is 4. The van der Waals surface area contributed by atoms with E-state index < -0.39 is 35.0 Å². The average molecular weight is 809 g/mol. The van der Waals surface area contributed by atoms with Gasteiger partial charge in [0.25, 0.3) is 0 Å². The summed E-state index contributed by atoms with van der Waals surface area (Å²) in [4.78, 5) is 65.9. The molecule has 8 N–H and O–H groups in total. The summed E-state index contributed by atoms with van der Waals surface area (Å²) < 4.78 is 0. The topological polar surface area (TPSA) is 231 Å². The Morgan fingerprint density at radius 2 is 0.900 bits per heavy atom. The summed E-state index contributed by atoms with van der Waals surface area (Å²) in [7, 11) is 0. The third-order valence-corrected chi connectivity index (χ3v) is 10.7. The maximum Gasteiger partial charge on any atom is 0.341 e. The van der Waals surface area contributed by atoms with E-state index in [0.717, 1.165) is 44.3 Å². The third kappa shape index (κ3) is 7.99. The molecule has 0 saturated heterocycles. The predicted octanol–water partition coefficient (Wildman–Crippen LogP) is 9.01. The van der Waals surface area contributed by atoms with Crippen LogP contribution < -0.4 is 10.6 Å². The molecule has 0 aliphatic carbocycles. The van der Waals surface area contributed by atoms with Gasteiger partial charge in [0.2, 0.25) is 11.1 Å². The number of fused-ring (bicyclic) bond motifs is 8. The molecule has 3 aromatic heterocycles. The fourth-order valence-corrected chi connectivity index (χ4v) is 7.45. The van der Waals surface area contributed by atoms with Gasteiger partial charge >= 0.3 is 23.9 Å². The quantitative estimate of drug-likeness (QED) is 0.0428. The Bertz CT molecular complexity index is 2500. The van der Waals surface area contributed by atoms with Gasteiger partial charge in [-0.05, 0) is 109 Å². The van der Waals surface area contributed by atoms with E-state index >= 15 is 0 Å². The fraction of sp³-hybridized carbons (Fsp3) is 0.217. The number of rotatable bonds is 16. The summed E-state index contributed by atoms with van der Waals surface area (Å²) in [5.74, 6) is -5.82. The number of H-pyrrole nitrogens is 2. The number of aliphatic carboxylic acids is 4. The third-order valence-electron chi connectivity index (χ3n) is 10.7. The van der Waals surface area contributed by atoms with E-state index in [0.29, 0.717) is 59.8 Å². The summed E-state index contributed by atoms with van der Waals surface area (Å²) in [5.41, 5.74) is 5.16. The molecule has 0 fully saturated rings. The molecule has 14 nitrogen and oxygen atoms in total.